The van der Waals surface area contributed by atoms with Gasteiger partial charge in [0.1, 0.15) is 0 Å². The Kier molecular flexibility index (Phi) is 4.61. The molecule has 1 aromatic carbocycles. The summed E-state index contributed by atoms with van der Waals surface area (Å²) in [7, 11) is 0. The van der Waals surface area contributed by atoms with Gasteiger partial charge in [0.2, 0.25) is 0 Å². The molecule has 0 unspecified atom stereocenters. The van der Waals surface area contributed by atoms with Crippen molar-refractivity contribution in [1.82, 2.24) is 20.8 Å². The molecule has 1 aliphatic rings. The van der Waals surface area contributed by atoms with Crippen LogP contribution in [0.25, 0.3) is 22.2 Å². The fourth-order valence-electron chi connectivity index (χ4n) is 3.12. The summed E-state index contributed by atoms with van der Waals surface area (Å²) >= 11 is 0. The largest absolute Gasteiger partial charge is 0.302 e. The van der Waals surface area contributed by atoms with Crippen LogP contribution < -0.4 is 10.9 Å². The maximum absolute atomic E-state index is 12.8. The number of carbonyl (C=O) groups is 2. The van der Waals surface area contributed by atoms with Crippen LogP contribution in [0.4, 0.5) is 0 Å². The van der Waals surface area contributed by atoms with Crippen LogP contribution in [-0.4, -0.2) is 21.7 Å². The fourth-order valence-corrected chi connectivity index (χ4v) is 3.12. The number of carbonyl (C=O) groups excluding carboxylic acids is 2. The minimum Gasteiger partial charge on any atom is -0.302 e. The predicted octanol–water partition coefficient (Wildman–Crippen LogP) is 3.17. The van der Waals surface area contributed by atoms with Gasteiger partial charge in [-0.15, -0.1) is 0 Å². The van der Waals surface area contributed by atoms with Gasteiger partial charge in [-0.05, 0) is 37.1 Å². The van der Waals surface area contributed by atoms with E-state index < -0.39 is 0 Å². The number of benzene rings is 1. The first kappa shape index (κ1) is 16.9. The Morgan fingerprint density at radius 2 is 1.96 bits per heavy atom. The van der Waals surface area contributed by atoms with Crippen LogP contribution in [0, 0.1) is 0 Å². The van der Waals surface area contributed by atoms with Gasteiger partial charge >= 0.3 is 0 Å². The molecule has 2 heterocycles. The van der Waals surface area contributed by atoms with Crippen LogP contribution in [0.5, 0.6) is 0 Å². The number of nitrogens with zero attached hydrogens (tertiary/aromatic N) is 2. The molecule has 6 nitrogen and oxygen atoms in total. The van der Waals surface area contributed by atoms with Crippen LogP contribution in [0.3, 0.4) is 0 Å². The summed E-state index contributed by atoms with van der Waals surface area (Å²) in [5.74, 6) is -0.205. The standard InChI is InChI=1S/C21H18N4O2/c26-16-7-3-6-15(11-16)24-25-21(27)18-12-20(14-5-4-10-22-13-14)23-19-9-2-1-8-17(18)19/h1-2,4-5,8-13,24H,3,6-7H2,(H,25,27). The van der Waals surface area contributed by atoms with E-state index in [1.165, 1.54) is 0 Å². The highest BCUT2D eigenvalue weighted by Gasteiger charge is 2.15. The Balaban J connectivity index is 1.67. The maximum atomic E-state index is 12.8. The highest BCUT2D eigenvalue weighted by atomic mass is 16.2. The third kappa shape index (κ3) is 3.69. The van der Waals surface area contributed by atoms with Gasteiger partial charge in [-0.1, -0.05) is 18.2 Å². The van der Waals surface area contributed by atoms with Gasteiger partial charge in [-0.3, -0.25) is 20.0 Å². The monoisotopic (exact) mass is 358 g/mol. The van der Waals surface area contributed by atoms with Gasteiger partial charge in [0.25, 0.3) is 5.91 Å². The molecule has 0 aliphatic heterocycles. The molecule has 134 valence electrons. The summed E-state index contributed by atoms with van der Waals surface area (Å²) in [5.41, 5.74) is 9.08. The lowest BCUT2D eigenvalue weighted by Crippen LogP contribution is -2.37. The fraction of sp³-hybridized carbons (Fsp3) is 0.143. The van der Waals surface area contributed by atoms with Gasteiger partial charge in [-0.2, -0.15) is 0 Å². The Labute approximate surface area is 156 Å². The smallest absolute Gasteiger partial charge is 0.270 e. The molecule has 4 rings (SSSR count). The molecule has 2 aromatic heterocycles. The maximum Gasteiger partial charge on any atom is 0.270 e. The predicted molar refractivity (Wildman–Crippen MR) is 103 cm³/mol. The Hall–Kier alpha value is -3.54. The van der Waals surface area contributed by atoms with E-state index >= 15 is 0 Å². The zero-order chi connectivity index (χ0) is 18.6. The number of nitrogens with one attached hydrogen (secondary N) is 2. The van der Waals surface area contributed by atoms with Gasteiger partial charge in [0.05, 0.1) is 16.8 Å². The van der Waals surface area contributed by atoms with E-state index in [-0.39, 0.29) is 11.7 Å². The SMILES string of the molecule is O=C1C=C(NNC(=O)c2cc(-c3cccnc3)nc3ccccc23)CCC1. The number of aromatic nitrogens is 2. The normalized spacial score (nSPS) is 13.9. The third-order valence-corrected chi connectivity index (χ3v) is 4.46. The third-order valence-electron chi connectivity index (χ3n) is 4.46. The topological polar surface area (TPSA) is 84.0 Å². The number of para-hydroxylation sites is 1. The van der Waals surface area contributed by atoms with Gasteiger partial charge in [0, 0.05) is 41.5 Å². The van der Waals surface area contributed by atoms with E-state index in [9.17, 15) is 9.59 Å². The molecule has 0 bridgehead atoms. The summed E-state index contributed by atoms with van der Waals surface area (Å²) < 4.78 is 0. The number of fused-ring (bicyclic) bond motifs is 1. The van der Waals surface area contributed by atoms with E-state index in [1.807, 2.05) is 36.4 Å². The minimum absolute atomic E-state index is 0.0752. The summed E-state index contributed by atoms with van der Waals surface area (Å²) in [6, 6.07) is 13.0. The Morgan fingerprint density at radius 3 is 2.78 bits per heavy atom. The first-order valence-electron chi connectivity index (χ1n) is 8.81. The van der Waals surface area contributed by atoms with Crippen molar-refractivity contribution in [2.45, 2.75) is 19.3 Å². The Bertz CT molecular complexity index is 1040. The second kappa shape index (κ2) is 7.37. The van der Waals surface area contributed by atoms with Crippen LogP contribution in [0.1, 0.15) is 29.6 Å². The van der Waals surface area contributed by atoms with Crippen molar-refractivity contribution in [3.63, 3.8) is 0 Å². The molecule has 1 amide bonds. The number of ketones is 1. The number of pyridine rings is 2. The number of rotatable bonds is 4. The molecule has 27 heavy (non-hydrogen) atoms. The van der Waals surface area contributed by atoms with Crippen LogP contribution in [-0.2, 0) is 4.79 Å². The summed E-state index contributed by atoms with van der Waals surface area (Å²) in [5, 5.41) is 0.762. The second-order valence-electron chi connectivity index (χ2n) is 6.38. The van der Waals surface area contributed by atoms with E-state index in [2.05, 4.69) is 20.8 Å². The number of hydrogen-bond acceptors (Lipinski definition) is 5. The molecule has 2 N–H and O–H groups in total. The van der Waals surface area contributed by atoms with Crippen molar-refractivity contribution in [2.24, 2.45) is 0 Å². The Morgan fingerprint density at radius 1 is 1.07 bits per heavy atom. The van der Waals surface area contributed by atoms with Gasteiger partial charge in [0.15, 0.2) is 5.78 Å². The van der Waals surface area contributed by atoms with Crippen molar-refractivity contribution < 1.29 is 9.59 Å². The molecule has 0 spiro atoms. The van der Waals surface area contributed by atoms with E-state index in [1.54, 1.807) is 24.5 Å². The van der Waals surface area contributed by atoms with Crippen molar-refractivity contribution in [2.75, 3.05) is 0 Å². The van der Waals surface area contributed by atoms with E-state index in [4.69, 9.17) is 0 Å². The average Bonchev–Trinajstić information content (AvgIpc) is 2.72. The molecule has 0 radical (unpaired) electrons. The lowest BCUT2D eigenvalue weighted by molar-refractivity contribution is -0.115. The van der Waals surface area contributed by atoms with Crippen LogP contribution in [0.2, 0.25) is 0 Å². The molecular formula is C21H18N4O2. The molecule has 0 atom stereocenters. The lowest BCUT2D eigenvalue weighted by Gasteiger charge is -2.16. The van der Waals surface area contributed by atoms with Crippen molar-refractivity contribution in [3.05, 3.63) is 72.2 Å². The lowest BCUT2D eigenvalue weighted by atomic mass is 10.0. The molecule has 0 fully saturated rings. The molecule has 6 heteroatoms. The molecule has 3 aromatic rings. The first-order valence-corrected chi connectivity index (χ1v) is 8.81. The summed E-state index contributed by atoms with van der Waals surface area (Å²) in [6.07, 6.45) is 7.05. The molecule has 1 aliphatic carbocycles. The van der Waals surface area contributed by atoms with Crippen LogP contribution in [0.15, 0.2) is 66.6 Å². The highest BCUT2D eigenvalue weighted by molar-refractivity contribution is 6.07. The van der Waals surface area contributed by atoms with E-state index in [0.29, 0.717) is 17.7 Å². The van der Waals surface area contributed by atoms with Crippen LogP contribution >= 0.6 is 0 Å². The van der Waals surface area contributed by atoms with Gasteiger partial charge < -0.3 is 5.43 Å². The number of hydrazine groups is 1. The van der Waals surface area contributed by atoms with Crippen molar-refractivity contribution in [1.29, 1.82) is 0 Å². The second-order valence-corrected chi connectivity index (χ2v) is 6.38. The number of amides is 1. The van der Waals surface area contributed by atoms with Gasteiger partial charge in [-0.25, -0.2) is 4.98 Å². The zero-order valence-corrected chi connectivity index (χ0v) is 14.6. The summed E-state index contributed by atoms with van der Waals surface area (Å²) in [4.78, 5) is 33.1. The molecular weight excluding hydrogens is 340 g/mol. The zero-order valence-electron chi connectivity index (χ0n) is 14.6. The summed E-state index contributed by atoms with van der Waals surface area (Å²) in [6.45, 7) is 0. The van der Waals surface area contributed by atoms with Crippen molar-refractivity contribution >= 4 is 22.6 Å². The highest BCUT2D eigenvalue weighted by Crippen LogP contribution is 2.24. The van der Waals surface area contributed by atoms with Crippen molar-refractivity contribution in [3.8, 4) is 11.3 Å². The average molecular weight is 358 g/mol. The quantitative estimate of drug-likeness (QED) is 0.700. The van der Waals surface area contributed by atoms with E-state index in [0.717, 1.165) is 35.0 Å². The number of hydrogen-bond donors (Lipinski definition) is 2. The number of allylic oxidation sites excluding steroid dienone is 2. The first-order chi connectivity index (χ1) is 13.2. The minimum atomic E-state index is -0.280. The molecule has 0 saturated carbocycles. The molecule has 0 saturated heterocycles.